The van der Waals surface area contributed by atoms with Crippen molar-refractivity contribution in [3.05, 3.63) is 88.2 Å². The Bertz CT molecular complexity index is 1310. The van der Waals surface area contributed by atoms with Crippen molar-refractivity contribution in [3.63, 3.8) is 0 Å². The van der Waals surface area contributed by atoms with Gasteiger partial charge in [-0.25, -0.2) is 0 Å². The highest BCUT2D eigenvalue weighted by molar-refractivity contribution is 7.16. The number of aromatic nitrogens is 1. The summed E-state index contributed by atoms with van der Waals surface area (Å²) in [6, 6.07) is 21.5. The molecule has 0 spiro atoms. The maximum atomic E-state index is 12.8. The average Bonchev–Trinajstić information content (AvgIpc) is 3.12. The molecule has 0 N–H and O–H groups in total. The summed E-state index contributed by atoms with van der Waals surface area (Å²) in [7, 11) is 1.31. The Labute approximate surface area is 187 Å². The number of hydrogen-bond donors (Lipinski definition) is 0. The predicted molar refractivity (Wildman–Crippen MR) is 120 cm³/mol. The van der Waals surface area contributed by atoms with Gasteiger partial charge in [-0.3, -0.25) is 9.59 Å². The van der Waals surface area contributed by atoms with Crippen LogP contribution in [-0.4, -0.2) is 23.6 Å². The van der Waals surface area contributed by atoms with Crippen LogP contribution in [0, 0.1) is 0 Å². The fourth-order valence-corrected chi connectivity index (χ4v) is 4.34. The Balaban J connectivity index is 1.66. The fourth-order valence-electron chi connectivity index (χ4n) is 2.95. The van der Waals surface area contributed by atoms with Gasteiger partial charge in [0.05, 0.1) is 22.3 Å². The van der Waals surface area contributed by atoms with Crippen LogP contribution in [0.2, 0.25) is 5.02 Å². The van der Waals surface area contributed by atoms with Crippen LogP contribution in [0.15, 0.2) is 77.8 Å². The zero-order valence-electron chi connectivity index (χ0n) is 16.4. The first kappa shape index (κ1) is 20.8. The van der Waals surface area contributed by atoms with Gasteiger partial charge in [-0.2, -0.15) is 4.99 Å². The van der Waals surface area contributed by atoms with Gasteiger partial charge in [0.25, 0.3) is 5.91 Å². The van der Waals surface area contributed by atoms with E-state index < -0.39 is 11.9 Å². The third-order valence-electron chi connectivity index (χ3n) is 4.44. The second-order valence-electron chi connectivity index (χ2n) is 6.49. The zero-order chi connectivity index (χ0) is 21.8. The van der Waals surface area contributed by atoms with Crippen molar-refractivity contribution < 1.29 is 19.1 Å². The van der Waals surface area contributed by atoms with Crippen molar-refractivity contribution in [1.82, 2.24) is 4.57 Å². The van der Waals surface area contributed by atoms with Gasteiger partial charge >= 0.3 is 5.97 Å². The maximum Gasteiger partial charge on any atom is 0.325 e. The number of ether oxygens (including phenoxy) is 2. The van der Waals surface area contributed by atoms with E-state index in [-0.39, 0.29) is 6.54 Å². The average molecular weight is 453 g/mol. The van der Waals surface area contributed by atoms with Crippen LogP contribution in [0.3, 0.4) is 0 Å². The monoisotopic (exact) mass is 452 g/mol. The molecule has 0 bridgehead atoms. The number of nitrogens with zero attached hydrogens (tertiary/aromatic N) is 2. The van der Waals surface area contributed by atoms with E-state index in [1.165, 1.54) is 18.4 Å². The molecule has 156 valence electrons. The molecule has 0 fully saturated rings. The quantitative estimate of drug-likeness (QED) is 0.397. The Hall–Kier alpha value is -3.42. The second kappa shape index (κ2) is 9.16. The highest BCUT2D eigenvalue weighted by atomic mass is 35.5. The van der Waals surface area contributed by atoms with Gasteiger partial charge in [0.1, 0.15) is 18.0 Å². The van der Waals surface area contributed by atoms with Crippen molar-refractivity contribution in [3.8, 4) is 11.5 Å². The minimum atomic E-state index is -0.462. The number of thiazole rings is 1. The Morgan fingerprint density at radius 1 is 0.968 bits per heavy atom. The number of methoxy groups -OCH3 is 1. The normalized spacial score (nSPS) is 11.5. The van der Waals surface area contributed by atoms with Gasteiger partial charge in [0.2, 0.25) is 0 Å². The smallest absolute Gasteiger partial charge is 0.325 e. The van der Waals surface area contributed by atoms with Crippen LogP contribution >= 0.6 is 22.9 Å². The molecule has 3 aromatic carbocycles. The maximum absolute atomic E-state index is 12.8. The lowest BCUT2D eigenvalue weighted by molar-refractivity contribution is -0.141. The molecule has 4 rings (SSSR count). The summed E-state index contributed by atoms with van der Waals surface area (Å²) in [5.41, 5.74) is 1.03. The topological polar surface area (TPSA) is 69.9 Å². The number of benzene rings is 3. The molecular weight excluding hydrogens is 436 g/mol. The highest BCUT2D eigenvalue weighted by Gasteiger charge is 2.14. The van der Waals surface area contributed by atoms with Gasteiger partial charge in [-0.15, -0.1) is 0 Å². The number of fused-ring (bicyclic) bond motifs is 1. The molecule has 0 saturated carbocycles. The Morgan fingerprint density at radius 2 is 1.68 bits per heavy atom. The number of hydrogen-bond acceptors (Lipinski definition) is 5. The van der Waals surface area contributed by atoms with Crippen LogP contribution in [0.5, 0.6) is 11.5 Å². The lowest BCUT2D eigenvalue weighted by Gasteiger charge is -2.06. The number of carbonyl (C=O) groups excluding carboxylic acids is 2. The van der Waals surface area contributed by atoms with Crippen LogP contribution in [0.25, 0.3) is 10.2 Å². The molecule has 1 heterocycles. The summed E-state index contributed by atoms with van der Waals surface area (Å²) in [4.78, 5) is 29.3. The number of rotatable bonds is 5. The minimum Gasteiger partial charge on any atom is -0.468 e. The summed E-state index contributed by atoms with van der Waals surface area (Å²) >= 11 is 7.61. The van der Waals surface area contributed by atoms with E-state index in [1.807, 2.05) is 36.4 Å². The number of halogens is 1. The second-order valence-corrected chi connectivity index (χ2v) is 7.91. The van der Waals surface area contributed by atoms with Crippen LogP contribution in [0.4, 0.5) is 0 Å². The fraction of sp³-hybridized carbons (Fsp3) is 0.0870. The van der Waals surface area contributed by atoms with E-state index >= 15 is 0 Å². The highest BCUT2D eigenvalue weighted by Crippen LogP contribution is 2.26. The number of carbonyl (C=O) groups is 2. The molecule has 4 aromatic rings. The molecule has 1 aromatic heterocycles. The standard InChI is InChI=1S/C23H17ClN2O4S/c1-29-20(27)14-26-21-18(24)8-5-9-19(21)31-23(26)25-22(28)15-10-12-17(13-11-15)30-16-6-3-2-4-7-16/h2-13H,14H2,1H3. The molecule has 0 unspecified atom stereocenters. The predicted octanol–water partition coefficient (Wildman–Crippen LogP) is 5.06. The van der Waals surface area contributed by atoms with Crippen LogP contribution < -0.4 is 9.54 Å². The van der Waals surface area contributed by atoms with Crippen molar-refractivity contribution in [2.45, 2.75) is 6.54 Å². The molecular formula is C23H17ClN2O4S. The van der Waals surface area contributed by atoms with Crippen molar-refractivity contribution in [1.29, 1.82) is 0 Å². The van der Waals surface area contributed by atoms with Crippen molar-refractivity contribution in [2.24, 2.45) is 4.99 Å². The zero-order valence-corrected chi connectivity index (χ0v) is 18.0. The molecule has 0 aliphatic rings. The van der Waals surface area contributed by atoms with Gasteiger partial charge in [0, 0.05) is 5.56 Å². The van der Waals surface area contributed by atoms with E-state index in [0.717, 1.165) is 4.70 Å². The minimum absolute atomic E-state index is 0.101. The molecule has 0 radical (unpaired) electrons. The lowest BCUT2D eigenvalue weighted by Crippen LogP contribution is -2.22. The van der Waals surface area contributed by atoms with E-state index in [4.69, 9.17) is 21.1 Å². The summed E-state index contributed by atoms with van der Waals surface area (Å²) < 4.78 is 12.9. The SMILES string of the molecule is COC(=O)Cn1c(=NC(=O)c2ccc(Oc3ccccc3)cc2)sc2cccc(Cl)c21. The third kappa shape index (κ3) is 4.68. The van der Waals surface area contributed by atoms with Gasteiger partial charge in [0.15, 0.2) is 4.80 Å². The molecule has 0 saturated heterocycles. The lowest BCUT2D eigenvalue weighted by atomic mass is 10.2. The molecule has 31 heavy (non-hydrogen) atoms. The first-order valence-corrected chi connectivity index (χ1v) is 10.5. The number of esters is 1. The van der Waals surface area contributed by atoms with Crippen LogP contribution in [-0.2, 0) is 16.1 Å². The first-order valence-electron chi connectivity index (χ1n) is 9.32. The summed E-state index contributed by atoms with van der Waals surface area (Å²) in [5.74, 6) is 0.415. The van der Waals surface area contributed by atoms with Crippen LogP contribution in [0.1, 0.15) is 10.4 Å². The molecule has 1 amide bonds. The van der Waals surface area contributed by atoms with Gasteiger partial charge in [-0.05, 0) is 48.5 Å². The third-order valence-corrected chi connectivity index (χ3v) is 5.79. The number of para-hydroxylation sites is 2. The van der Waals surface area contributed by atoms with E-state index in [9.17, 15) is 9.59 Å². The van der Waals surface area contributed by atoms with Crippen molar-refractivity contribution >= 4 is 45.0 Å². The largest absolute Gasteiger partial charge is 0.468 e. The van der Waals surface area contributed by atoms with Gasteiger partial charge < -0.3 is 14.0 Å². The van der Waals surface area contributed by atoms with E-state index in [2.05, 4.69) is 4.99 Å². The van der Waals surface area contributed by atoms with Gasteiger partial charge in [-0.1, -0.05) is 47.2 Å². The molecule has 6 nitrogen and oxygen atoms in total. The summed E-state index contributed by atoms with van der Waals surface area (Å²) in [5, 5.41) is 0.467. The Kier molecular flexibility index (Phi) is 6.16. The first-order chi connectivity index (χ1) is 15.0. The molecule has 0 aliphatic carbocycles. The molecule has 0 aliphatic heterocycles. The molecule has 8 heteroatoms. The molecule has 0 atom stereocenters. The van der Waals surface area contributed by atoms with E-state index in [0.29, 0.717) is 32.4 Å². The number of amides is 1. The summed E-state index contributed by atoms with van der Waals surface area (Å²) in [6.07, 6.45) is 0. The summed E-state index contributed by atoms with van der Waals surface area (Å²) in [6.45, 7) is -0.101. The van der Waals surface area contributed by atoms with Crippen molar-refractivity contribution in [2.75, 3.05) is 7.11 Å². The van der Waals surface area contributed by atoms with E-state index in [1.54, 1.807) is 41.0 Å². The Morgan fingerprint density at radius 3 is 2.39 bits per heavy atom.